The number of nitro benzene ring substituents is 1. The van der Waals surface area contributed by atoms with Crippen molar-refractivity contribution < 1.29 is 14.5 Å². The zero-order valence-corrected chi connectivity index (χ0v) is 12.8. The summed E-state index contributed by atoms with van der Waals surface area (Å²) in [4.78, 5) is 22.3. The number of rotatable bonds is 6. The standard InChI is InChI=1S/C16H22N2O4/c1-2-22-16(19)12-7-9-14(10-8-12)17-11-13-5-3-4-6-15(13)18(20)21/h3-6,12,14,17H,2,7-11H2,1H3. The molecule has 0 atom stereocenters. The zero-order chi connectivity index (χ0) is 15.9. The number of hydrogen-bond donors (Lipinski definition) is 1. The number of nitro groups is 1. The molecule has 0 bridgehead atoms. The van der Waals surface area contributed by atoms with Gasteiger partial charge >= 0.3 is 5.97 Å². The van der Waals surface area contributed by atoms with Crippen LogP contribution in [0.2, 0.25) is 0 Å². The fourth-order valence-electron chi connectivity index (χ4n) is 2.89. The van der Waals surface area contributed by atoms with Crippen molar-refractivity contribution in [3.63, 3.8) is 0 Å². The Morgan fingerprint density at radius 3 is 2.64 bits per heavy atom. The van der Waals surface area contributed by atoms with E-state index in [4.69, 9.17) is 4.74 Å². The first kappa shape index (κ1) is 16.4. The lowest BCUT2D eigenvalue weighted by Crippen LogP contribution is -2.35. The predicted molar refractivity (Wildman–Crippen MR) is 82.3 cm³/mol. The Morgan fingerprint density at radius 2 is 2.00 bits per heavy atom. The summed E-state index contributed by atoms with van der Waals surface area (Å²) in [7, 11) is 0. The fourth-order valence-corrected chi connectivity index (χ4v) is 2.89. The summed E-state index contributed by atoms with van der Waals surface area (Å²) in [6.07, 6.45) is 3.41. The Labute approximate surface area is 130 Å². The molecule has 0 radical (unpaired) electrons. The summed E-state index contributed by atoms with van der Waals surface area (Å²) in [5, 5.41) is 14.3. The average Bonchev–Trinajstić information content (AvgIpc) is 2.54. The van der Waals surface area contributed by atoms with Crippen LogP contribution in [0.15, 0.2) is 24.3 Å². The van der Waals surface area contributed by atoms with Gasteiger partial charge in [0.2, 0.25) is 0 Å². The van der Waals surface area contributed by atoms with Gasteiger partial charge in [-0.1, -0.05) is 18.2 Å². The number of carbonyl (C=O) groups is 1. The van der Waals surface area contributed by atoms with E-state index < -0.39 is 0 Å². The first-order valence-corrected chi connectivity index (χ1v) is 7.74. The molecule has 0 saturated heterocycles. The van der Waals surface area contributed by atoms with Gasteiger partial charge in [0.25, 0.3) is 5.69 Å². The van der Waals surface area contributed by atoms with E-state index in [1.807, 2.05) is 13.0 Å². The van der Waals surface area contributed by atoms with Gasteiger partial charge in [0.05, 0.1) is 17.4 Å². The van der Waals surface area contributed by atoms with Crippen molar-refractivity contribution in [2.24, 2.45) is 5.92 Å². The number of carbonyl (C=O) groups excluding carboxylic acids is 1. The third kappa shape index (κ3) is 4.27. The summed E-state index contributed by atoms with van der Waals surface area (Å²) in [6, 6.07) is 7.07. The maximum absolute atomic E-state index is 11.7. The molecule has 22 heavy (non-hydrogen) atoms. The molecule has 6 nitrogen and oxygen atoms in total. The van der Waals surface area contributed by atoms with E-state index in [1.165, 1.54) is 6.07 Å². The number of nitrogens with zero attached hydrogens (tertiary/aromatic N) is 1. The minimum Gasteiger partial charge on any atom is -0.466 e. The summed E-state index contributed by atoms with van der Waals surface area (Å²) >= 11 is 0. The predicted octanol–water partition coefficient (Wildman–Crippen LogP) is 2.81. The summed E-state index contributed by atoms with van der Waals surface area (Å²) < 4.78 is 5.05. The van der Waals surface area contributed by atoms with Crippen molar-refractivity contribution in [1.82, 2.24) is 5.32 Å². The molecule has 0 amide bonds. The molecule has 0 spiro atoms. The molecule has 0 aliphatic heterocycles. The molecule has 1 aliphatic carbocycles. The second-order valence-electron chi connectivity index (χ2n) is 5.57. The van der Waals surface area contributed by atoms with Crippen LogP contribution in [0.5, 0.6) is 0 Å². The van der Waals surface area contributed by atoms with Crippen molar-refractivity contribution >= 4 is 11.7 Å². The number of benzene rings is 1. The van der Waals surface area contributed by atoms with Gasteiger partial charge in [-0.15, -0.1) is 0 Å². The van der Waals surface area contributed by atoms with Crippen LogP contribution in [0, 0.1) is 16.0 Å². The molecule has 6 heteroatoms. The lowest BCUT2D eigenvalue weighted by Gasteiger charge is -2.27. The number of hydrogen-bond acceptors (Lipinski definition) is 5. The first-order chi connectivity index (χ1) is 10.6. The molecule has 1 aliphatic rings. The van der Waals surface area contributed by atoms with Crippen LogP contribution in [-0.4, -0.2) is 23.5 Å². The van der Waals surface area contributed by atoms with Crippen LogP contribution in [0.3, 0.4) is 0 Å². The van der Waals surface area contributed by atoms with Gasteiger partial charge < -0.3 is 10.1 Å². The van der Waals surface area contributed by atoms with Gasteiger partial charge in [-0.05, 0) is 32.6 Å². The summed E-state index contributed by atoms with van der Waals surface area (Å²) in [6.45, 7) is 2.72. The summed E-state index contributed by atoms with van der Waals surface area (Å²) in [5.74, 6) is -0.0938. The largest absolute Gasteiger partial charge is 0.466 e. The number of nitrogens with one attached hydrogen (secondary N) is 1. The minimum atomic E-state index is -0.353. The van der Waals surface area contributed by atoms with E-state index in [9.17, 15) is 14.9 Å². The minimum absolute atomic E-state index is 0.00376. The molecule has 2 rings (SSSR count). The van der Waals surface area contributed by atoms with E-state index in [1.54, 1.807) is 12.1 Å². The van der Waals surface area contributed by atoms with Crippen molar-refractivity contribution in [2.75, 3.05) is 6.61 Å². The molecular formula is C16H22N2O4. The number of esters is 1. The second kappa shape index (κ2) is 7.89. The van der Waals surface area contributed by atoms with E-state index in [0.717, 1.165) is 25.7 Å². The highest BCUT2D eigenvalue weighted by Gasteiger charge is 2.27. The van der Waals surface area contributed by atoms with Gasteiger partial charge in [0, 0.05) is 24.2 Å². The van der Waals surface area contributed by atoms with Crippen molar-refractivity contribution in [3.05, 3.63) is 39.9 Å². The van der Waals surface area contributed by atoms with Gasteiger partial charge in [-0.25, -0.2) is 0 Å². The Morgan fingerprint density at radius 1 is 1.32 bits per heavy atom. The topological polar surface area (TPSA) is 81.5 Å². The second-order valence-corrected chi connectivity index (χ2v) is 5.57. The molecular weight excluding hydrogens is 284 g/mol. The van der Waals surface area contributed by atoms with Gasteiger partial charge in [0.1, 0.15) is 0 Å². The van der Waals surface area contributed by atoms with Crippen molar-refractivity contribution in [1.29, 1.82) is 0 Å². The zero-order valence-electron chi connectivity index (χ0n) is 12.8. The van der Waals surface area contributed by atoms with Crippen LogP contribution >= 0.6 is 0 Å². The van der Waals surface area contributed by atoms with E-state index >= 15 is 0 Å². The molecule has 0 unspecified atom stereocenters. The molecule has 1 aromatic carbocycles. The van der Waals surface area contributed by atoms with Gasteiger partial charge in [-0.3, -0.25) is 14.9 Å². The highest BCUT2D eigenvalue weighted by Crippen LogP contribution is 2.26. The lowest BCUT2D eigenvalue weighted by atomic mass is 9.86. The molecule has 0 aromatic heterocycles. The highest BCUT2D eigenvalue weighted by atomic mass is 16.6. The molecule has 1 aromatic rings. The Balaban J connectivity index is 1.82. The fraction of sp³-hybridized carbons (Fsp3) is 0.562. The molecule has 0 heterocycles. The van der Waals surface area contributed by atoms with Crippen LogP contribution in [0.25, 0.3) is 0 Å². The first-order valence-electron chi connectivity index (χ1n) is 7.74. The van der Waals surface area contributed by atoms with Gasteiger partial charge in [0.15, 0.2) is 0 Å². The summed E-state index contributed by atoms with van der Waals surface area (Å²) in [5.41, 5.74) is 0.843. The van der Waals surface area contributed by atoms with E-state index in [0.29, 0.717) is 24.8 Å². The van der Waals surface area contributed by atoms with Crippen LogP contribution in [0.1, 0.15) is 38.2 Å². The third-order valence-electron chi connectivity index (χ3n) is 4.12. The molecule has 1 N–H and O–H groups in total. The Bertz CT molecular complexity index is 525. The Hall–Kier alpha value is -1.95. The van der Waals surface area contributed by atoms with Crippen LogP contribution in [-0.2, 0) is 16.1 Å². The highest BCUT2D eigenvalue weighted by molar-refractivity contribution is 5.72. The lowest BCUT2D eigenvalue weighted by molar-refractivity contribution is -0.385. The van der Waals surface area contributed by atoms with Crippen molar-refractivity contribution in [2.45, 2.75) is 45.2 Å². The monoisotopic (exact) mass is 306 g/mol. The normalized spacial score (nSPS) is 21.3. The van der Waals surface area contributed by atoms with Crippen LogP contribution in [0.4, 0.5) is 5.69 Å². The van der Waals surface area contributed by atoms with Crippen LogP contribution < -0.4 is 5.32 Å². The maximum Gasteiger partial charge on any atom is 0.308 e. The van der Waals surface area contributed by atoms with E-state index in [2.05, 4.69) is 5.32 Å². The average molecular weight is 306 g/mol. The molecule has 1 saturated carbocycles. The number of ether oxygens (including phenoxy) is 1. The van der Waals surface area contributed by atoms with E-state index in [-0.39, 0.29) is 22.5 Å². The van der Waals surface area contributed by atoms with Crippen molar-refractivity contribution in [3.8, 4) is 0 Å². The molecule has 120 valence electrons. The SMILES string of the molecule is CCOC(=O)C1CCC(NCc2ccccc2[N+](=O)[O-])CC1. The quantitative estimate of drug-likeness (QED) is 0.496. The maximum atomic E-state index is 11.7. The molecule has 1 fully saturated rings. The Kier molecular flexibility index (Phi) is 5.89. The number of para-hydroxylation sites is 1. The van der Waals surface area contributed by atoms with Gasteiger partial charge in [-0.2, -0.15) is 0 Å². The third-order valence-corrected chi connectivity index (χ3v) is 4.12. The smallest absolute Gasteiger partial charge is 0.308 e.